The van der Waals surface area contributed by atoms with Gasteiger partial charge in [-0.05, 0) is 31.9 Å². The van der Waals surface area contributed by atoms with Crippen LogP contribution in [-0.2, 0) is 6.61 Å². The molecule has 1 aliphatic heterocycles. The van der Waals surface area contributed by atoms with Crippen LogP contribution in [0.2, 0.25) is 0 Å². The van der Waals surface area contributed by atoms with Crippen molar-refractivity contribution in [2.75, 3.05) is 13.1 Å². The van der Waals surface area contributed by atoms with Gasteiger partial charge in [-0.15, -0.1) is 0 Å². The van der Waals surface area contributed by atoms with Crippen molar-refractivity contribution in [3.05, 3.63) is 59.2 Å². The summed E-state index contributed by atoms with van der Waals surface area (Å²) in [5.74, 6) is 0.913. The Hall–Kier alpha value is -2.27. The largest absolute Gasteiger partial charge is 0.392 e. The van der Waals surface area contributed by atoms with Gasteiger partial charge in [-0.3, -0.25) is 4.79 Å². The van der Waals surface area contributed by atoms with E-state index in [4.69, 9.17) is 0 Å². The van der Waals surface area contributed by atoms with E-state index in [1.54, 1.807) is 6.20 Å². The van der Waals surface area contributed by atoms with Gasteiger partial charge >= 0.3 is 0 Å². The molecule has 1 saturated heterocycles. The fraction of sp³-hybridized carbons (Fsp3) is 0.389. The number of nitrogens with zero attached hydrogens (tertiary/aromatic N) is 3. The van der Waals surface area contributed by atoms with Gasteiger partial charge in [-0.1, -0.05) is 18.2 Å². The van der Waals surface area contributed by atoms with E-state index >= 15 is 0 Å². The van der Waals surface area contributed by atoms with Crippen LogP contribution >= 0.6 is 0 Å². The van der Waals surface area contributed by atoms with Gasteiger partial charge in [0.15, 0.2) is 0 Å². The molecule has 1 atom stereocenters. The molecule has 1 aliphatic rings. The molecule has 2 aromatic rings. The Labute approximate surface area is 136 Å². The Morgan fingerprint density at radius 3 is 2.87 bits per heavy atom. The van der Waals surface area contributed by atoms with Crippen molar-refractivity contribution < 1.29 is 9.90 Å². The Balaban J connectivity index is 1.81. The van der Waals surface area contributed by atoms with E-state index < -0.39 is 0 Å². The highest BCUT2D eigenvalue weighted by molar-refractivity contribution is 5.94. The predicted octanol–water partition coefficient (Wildman–Crippen LogP) is 2.30. The van der Waals surface area contributed by atoms with Crippen LogP contribution in [0.3, 0.4) is 0 Å². The summed E-state index contributed by atoms with van der Waals surface area (Å²) < 4.78 is 0. The van der Waals surface area contributed by atoms with Crippen LogP contribution < -0.4 is 0 Å². The first-order valence-electron chi connectivity index (χ1n) is 7.96. The lowest BCUT2D eigenvalue weighted by Gasteiger charge is -2.33. The number of aliphatic hydroxyl groups is 1. The second kappa shape index (κ2) is 6.87. The van der Waals surface area contributed by atoms with Gasteiger partial charge in [0.25, 0.3) is 5.91 Å². The van der Waals surface area contributed by atoms with Crippen LogP contribution in [0.25, 0.3) is 0 Å². The number of piperidine rings is 1. The molecular formula is C18H21N3O2. The molecule has 0 saturated carbocycles. The van der Waals surface area contributed by atoms with E-state index in [1.807, 2.05) is 42.2 Å². The Morgan fingerprint density at radius 1 is 1.35 bits per heavy atom. The number of hydrogen-bond acceptors (Lipinski definition) is 4. The van der Waals surface area contributed by atoms with Crippen LogP contribution in [0.15, 0.2) is 36.5 Å². The first kappa shape index (κ1) is 15.6. The van der Waals surface area contributed by atoms with Gasteiger partial charge in [0.1, 0.15) is 5.82 Å². The summed E-state index contributed by atoms with van der Waals surface area (Å²) in [6, 6.07) is 9.37. The van der Waals surface area contributed by atoms with Gasteiger partial charge in [0, 0.05) is 36.3 Å². The number of aromatic nitrogens is 2. The molecule has 5 heteroatoms. The van der Waals surface area contributed by atoms with Crippen molar-refractivity contribution in [2.45, 2.75) is 32.3 Å². The minimum absolute atomic E-state index is 0.0617. The average Bonchev–Trinajstić information content (AvgIpc) is 2.62. The molecule has 120 valence electrons. The highest BCUT2D eigenvalue weighted by Crippen LogP contribution is 2.28. The summed E-state index contributed by atoms with van der Waals surface area (Å²) in [6.07, 6.45) is 3.61. The molecular weight excluding hydrogens is 290 g/mol. The van der Waals surface area contributed by atoms with Crippen molar-refractivity contribution >= 4 is 5.91 Å². The average molecular weight is 311 g/mol. The summed E-state index contributed by atoms with van der Waals surface area (Å²) in [5, 5.41) is 9.53. The van der Waals surface area contributed by atoms with Crippen molar-refractivity contribution in [3.8, 4) is 0 Å². The van der Waals surface area contributed by atoms with Crippen molar-refractivity contribution in [1.82, 2.24) is 14.9 Å². The molecule has 1 aromatic heterocycles. The molecule has 1 fully saturated rings. The van der Waals surface area contributed by atoms with Gasteiger partial charge in [0.2, 0.25) is 0 Å². The maximum absolute atomic E-state index is 12.6. The molecule has 23 heavy (non-hydrogen) atoms. The lowest BCUT2D eigenvalue weighted by molar-refractivity contribution is 0.0705. The van der Waals surface area contributed by atoms with E-state index in [-0.39, 0.29) is 18.4 Å². The predicted molar refractivity (Wildman–Crippen MR) is 87.0 cm³/mol. The number of benzene rings is 1. The van der Waals surface area contributed by atoms with E-state index in [0.717, 1.165) is 36.2 Å². The Morgan fingerprint density at radius 2 is 2.13 bits per heavy atom. The topological polar surface area (TPSA) is 66.3 Å². The van der Waals surface area contributed by atoms with E-state index in [0.29, 0.717) is 12.4 Å². The third-order valence-electron chi connectivity index (χ3n) is 4.30. The third-order valence-corrected chi connectivity index (χ3v) is 4.30. The first-order chi connectivity index (χ1) is 11.2. The lowest BCUT2D eigenvalue weighted by atomic mass is 9.91. The van der Waals surface area contributed by atoms with Crippen molar-refractivity contribution in [1.29, 1.82) is 0 Å². The number of aryl methyl sites for hydroxylation is 1. The molecule has 0 radical (unpaired) electrons. The van der Waals surface area contributed by atoms with E-state index in [1.165, 1.54) is 0 Å². The molecule has 1 aromatic carbocycles. The molecule has 3 rings (SSSR count). The van der Waals surface area contributed by atoms with Crippen molar-refractivity contribution in [2.24, 2.45) is 0 Å². The van der Waals surface area contributed by atoms with Crippen LogP contribution in [0.1, 0.15) is 46.2 Å². The quantitative estimate of drug-likeness (QED) is 0.944. The van der Waals surface area contributed by atoms with E-state index in [9.17, 15) is 9.90 Å². The molecule has 1 unspecified atom stereocenters. The van der Waals surface area contributed by atoms with Gasteiger partial charge in [0.05, 0.1) is 12.3 Å². The van der Waals surface area contributed by atoms with Crippen molar-refractivity contribution in [3.63, 3.8) is 0 Å². The zero-order chi connectivity index (χ0) is 16.2. The number of hydrogen-bond donors (Lipinski definition) is 1. The molecule has 0 aliphatic carbocycles. The Bertz CT molecular complexity index is 688. The number of likely N-dealkylation sites (tertiary alicyclic amines) is 1. The molecule has 2 heterocycles. The summed E-state index contributed by atoms with van der Waals surface area (Å²) >= 11 is 0. The number of carbonyl (C=O) groups excluding carboxylic acids is 1. The third kappa shape index (κ3) is 3.40. The number of amides is 1. The highest BCUT2D eigenvalue weighted by atomic mass is 16.3. The highest BCUT2D eigenvalue weighted by Gasteiger charge is 2.27. The smallest absolute Gasteiger partial charge is 0.253 e. The SMILES string of the molecule is Cc1ncc(CO)c(C2CCCN(C(=O)c3ccccc3)C2)n1. The molecule has 0 spiro atoms. The Kier molecular flexibility index (Phi) is 4.67. The number of carbonyl (C=O) groups is 1. The summed E-state index contributed by atoms with van der Waals surface area (Å²) in [7, 11) is 0. The normalized spacial score (nSPS) is 18.0. The van der Waals surface area contributed by atoms with Crippen LogP contribution in [-0.4, -0.2) is 39.0 Å². The number of aliphatic hydroxyl groups excluding tert-OH is 1. The molecule has 1 amide bonds. The van der Waals surface area contributed by atoms with Gasteiger partial charge in [-0.2, -0.15) is 0 Å². The van der Waals surface area contributed by atoms with Crippen LogP contribution in [0.4, 0.5) is 0 Å². The van der Waals surface area contributed by atoms with Crippen LogP contribution in [0.5, 0.6) is 0 Å². The van der Waals surface area contributed by atoms with Crippen LogP contribution in [0, 0.1) is 6.92 Å². The zero-order valence-electron chi connectivity index (χ0n) is 13.3. The summed E-state index contributed by atoms with van der Waals surface area (Å²) in [6.45, 7) is 3.18. The zero-order valence-corrected chi connectivity index (χ0v) is 13.3. The summed E-state index contributed by atoms with van der Waals surface area (Å²) in [4.78, 5) is 23.2. The molecule has 1 N–H and O–H groups in total. The fourth-order valence-corrected chi connectivity index (χ4v) is 3.14. The monoisotopic (exact) mass is 311 g/mol. The minimum atomic E-state index is -0.0707. The van der Waals surface area contributed by atoms with Gasteiger partial charge < -0.3 is 10.0 Å². The first-order valence-corrected chi connectivity index (χ1v) is 7.96. The fourth-order valence-electron chi connectivity index (χ4n) is 3.14. The maximum atomic E-state index is 12.6. The standard InChI is InChI=1S/C18H21N3O2/c1-13-19-10-16(12-22)17(20-13)15-8-5-9-21(11-15)18(23)14-6-3-2-4-7-14/h2-4,6-7,10,15,22H,5,8-9,11-12H2,1H3. The maximum Gasteiger partial charge on any atom is 0.253 e. The molecule has 0 bridgehead atoms. The second-order valence-corrected chi connectivity index (χ2v) is 5.94. The lowest BCUT2D eigenvalue weighted by Crippen LogP contribution is -2.39. The van der Waals surface area contributed by atoms with Gasteiger partial charge in [-0.25, -0.2) is 9.97 Å². The summed E-state index contributed by atoms with van der Waals surface area (Å²) in [5.41, 5.74) is 2.36. The molecule has 5 nitrogen and oxygen atoms in total. The number of rotatable bonds is 3. The van der Waals surface area contributed by atoms with E-state index in [2.05, 4.69) is 9.97 Å². The minimum Gasteiger partial charge on any atom is -0.392 e. The second-order valence-electron chi connectivity index (χ2n) is 5.94.